The molecule has 0 aliphatic carbocycles. The van der Waals surface area contributed by atoms with Crippen molar-refractivity contribution in [1.82, 2.24) is 10.6 Å². The number of nitrogens with one attached hydrogen (secondary N) is 2. The molecule has 2 amide bonds. The first kappa shape index (κ1) is 25.1. The fourth-order valence-electron chi connectivity index (χ4n) is 4.29. The molecule has 0 aliphatic rings. The van der Waals surface area contributed by atoms with Crippen molar-refractivity contribution in [1.29, 1.82) is 0 Å². The third-order valence-electron chi connectivity index (χ3n) is 6.02. The second-order valence-corrected chi connectivity index (χ2v) is 9.17. The average molecular weight is 489 g/mol. The number of halogens is 1. The molecule has 1 aromatic heterocycles. The van der Waals surface area contributed by atoms with E-state index in [0.29, 0.717) is 45.8 Å². The quantitative estimate of drug-likeness (QED) is 0.310. The Labute approximate surface area is 209 Å². The van der Waals surface area contributed by atoms with Crippen LogP contribution < -0.4 is 10.6 Å². The highest BCUT2D eigenvalue weighted by atomic mass is 19.1. The molecule has 1 heterocycles. The lowest BCUT2D eigenvalue weighted by Gasteiger charge is -2.18. The molecule has 1 unspecified atom stereocenters. The SMILES string of the molecule is CNC(=O)c1c(-c2ccc(F)cc2)oc2ccc(-c3cccc(C(=O)NC(CO)CC(C)C)c3)cc12. The van der Waals surface area contributed by atoms with Crippen molar-refractivity contribution in [2.24, 2.45) is 5.92 Å². The van der Waals surface area contributed by atoms with E-state index in [2.05, 4.69) is 10.6 Å². The lowest BCUT2D eigenvalue weighted by atomic mass is 9.98. The monoisotopic (exact) mass is 488 g/mol. The van der Waals surface area contributed by atoms with Gasteiger partial charge in [0.05, 0.1) is 18.2 Å². The minimum absolute atomic E-state index is 0.126. The zero-order valence-electron chi connectivity index (χ0n) is 20.5. The highest BCUT2D eigenvalue weighted by Gasteiger charge is 2.22. The van der Waals surface area contributed by atoms with Gasteiger partial charge in [0.2, 0.25) is 0 Å². The van der Waals surface area contributed by atoms with Crippen LogP contribution in [0.1, 0.15) is 41.0 Å². The Bertz CT molecular complexity index is 1390. The highest BCUT2D eigenvalue weighted by molar-refractivity contribution is 6.11. The predicted octanol–water partition coefficient (Wildman–Crippen LogP) is 5.40. The first-order valence-electron chi connectivity index (χ1n) is 11.9. The number of furan rings is 1. The van der Waals surface area contributed by atoms with Crippen LogP contribution >= 0.6 is 0 Å². The van der Waals surface area contributed by atoms with Crippen molar-refractivity contribution >= 4 is 22.8 Å². The summed E-state index contributed by atoms with van der Waals surface area (Å²) >= 11 is 0. The number of aliphatic hydroxyl groups is 1. The smallest absolute Gasteiger partial charge is 0.255 e. The van der Waals surface area contributed by atoms with Crippen molar-refractivity contribution in [2.75, 3.05) is 13.7 Å². The molecule has 6 nitrogen and oxygen atoms in total. The Balaban J connectivity index is 1.72. The van der Waals surface area contributed by atoms with Gasteiger partial charge in [0.15, 0.2) is 0 Å². The third kappa shape index (κ3) is 5.31. The van der Waals surface area contributed by atoms with E-state index in [4.69, 9.17) is 4.42 Å². The second-order valence-electron chi connectivity index (χ2n) is 9.17. The van der Waals surface area contributed by atoms with E-state index < -0.39 is 0 Å². The molecule has 1 atom stereocenters. The summed E-state index contributed by atoms with van der Waals surface area (Å²) in [5, 5.41) is 15.8. The van der Waals surface area contributed by atoms with Gasteiger partial charge in [0.25, 0.3) is 11.8 Å². The van der Waals surface area contributed by atoms with Crippen molar-refractivity contribution < 1.29 is 23.5 Å². The average Bonchev–Trinajstić information content (AvgIpc) is 3.26. The number of aliphatic hydroxyl groups excluding tert-OH is 1. The van der Waals surface area contributed by atoms with E-state index in [9.17, 15) is 19.1 Å². The van der Waals surface area contributed by atoms with Gasteiger partial charge in [-0.3, -0.25) is 9.59 Å². The lowest BCUT2D eigenvalue weighted by molar-refractivity contribution is 0.0907. The van der Waals surface area contributed by atoms with E-state index in [1.807, 2.05) is 32.0 Å². The summed E-state index contributed by atoms with van der Waals surface area (Å²) in [5.74, 6) is -0.263. The summed E-state index contributed by atoms with van der Waals surface area (Å²) in [6, 6.07) is 18.1. The van der Waals surface area contributed by atoms with Crippen LogP contribution in [0.25, 0.3) is 33.4 Å². The Kier molecular flexibility index (Phi) is 7.50. The summed E-state index contributed by atoms with van der Waals surface area (Å²) in [6.07, 6.45) is 0.678. The maximum atomic E-state index is 13.5. The number of amides is 2. The van der Waals surface area contributed by atoms with Crippen molar-refractivity contribution in [3.8, 4) is 22.5 Å². The van der Waals surface area contributed by atoms with Crippen LogP contribution in [-0.2, 0) is 0 Å². The first-order chi connectivity index (χ1) is 17.3. The van der Waals surface area contributed by atoms with Gasteiger partial charge in [0, 0.05) is 23.6 Å². The van der Waals surface area contributed by atoms with Gasteiger partial charge in [-0.2, -0.15) is 0 Å². The molecule has 0 fully saturated rings. The van der Waals surface area contributed by atoms with Crippen LogP contribution in [-0.4, -0.2) is 36.6 Å². The number of fused-ring (bicyclic) bond motifs is 1. The van der Waals surface area contributed by atoms with Crippen LogP contribution in [0.15, 0.2) is 71.1 Å². The molecule has 3 N–H and O–H groups in total. The van der Waals surface area contributed by atoms with Crippen molar-refractivity contribution in [3.63, 3.8) is 0 Å². The molecule has 0 aliphatic heterocycles. The summed E-state index contributed by atoms with van der Waals surface area (Å²) in [6.45, 7) is 3.95. The summed E-state index contributed by atoms with van der Waals surface area (Å²) < 4.78 is 19.5. The molecule has 0 saturated carbocycles. The van der Waals surface area contributed by atoms with E-state index in [0.717, 1.165) is 11.1 Å². The summed E-state index contributed by atoms with van der Waals surface area (Å²) in [5.41, 5.74) is 3.53. The zero-order valence-corrected chi connectivity index (χ0v) is 20.5. The topological polar surface area (TPSA) is 91.6 Å². The summed E-state index contributed by atoms with van der Waals surface area (Å²) in [7, 11) is 1.54. The fraction of sp³-hybridized carbons (Fsp3) is 0.241. The molecule has 0 spiro atoms. The van der Waals surface area contributed by atoms with Crippen molar-refractivity contribution in [2.45, 2.75) is 26.3 Å². The first-order valence-corrected chi connectivity index (χ1v) is 11.9. The molecule has 0 saturated heterocycles. The number of carbonyl (C=O) groups excluding carboxylic acids is 2. The van der Waals surface area contributed by atoms with Gasteiger partial charge >= 0.3 is 0 Å². The largest absolute Gasteiger partial charge is 0.455 e. The predicted molar refractivity (Wildman–Crippen MR) is 138 cm³/mol. The zero-order chi connectivity index (χ0) is 25.8. The number of rotatable bonds is 8. The molecular formula is C29H29FN2O4. The van der Waals surface area contributed by atoms with Crippen LogP contribution in [0.5, 0.6) is 0 Å². The van der Waals surface area contributed by atoms with Crippen LogP contribution in [0.3, 0.4) is 0 Å². The second kappa shape index (κ2) is 10.7. The third-order valence-corrected chi connectivity index (χ3v) is 6.02. The standard InChI is InChI=1S/C29H29FN2O4/c1-17(2)13-23(16-33)32-28(34)21-6-4-5-19(14-21)20-9-12-25-24(15-20)26(29(35)31-3)27(36-25)18-7-10-22(30)11-8-18/h4-12,14-15,17,23,33H,13,16H2,1-3H3,(H,31,35)(H,32,34). The molecule has 7 heteroatoms. The number of hydrogen-bond acceptors (Lipinski definition) is 4. The van der Waals surface area contributed by atoms with Crippen LogP contribution in [0.2, 0.25) is 0 Å². The number of carbonyl (C=O) groups is 2. The summed E-state index contributed by atoms with van der Waals surface area (Å²) in [4.78, 5) is 25.7. The van der Waals surface area contributed by atoms with Gasteiger partial charge in [0.1, 0.15) is 17.2 Å². The van der Waals surface area contributed by atoms with Crippen LogP contribution in [0, 0.1) is 11.7 Å². The molecule has 3 aromatic carbocycles. The maximum absolute atomic E-state index is 13.5. The molecule has 0 radical (unpaired) electrons. The molecule has 0 bridgehead atoms. The number of benzene rings is 3. The van der Waals surface area contributed by atoms with Crippen molar-refractivity contribution in [3.05, 3.63) is 83.7 Å². The molecule has 4 rings (SSSR count). The molecule has 36 heavy (non-hydrogen) atoms. The molecular weight excluding hydrogens is 459 g/mol. The van der Waals surface area contributed by atoms with Crippen LogP contribution in [0.4, 0.5) is 4.39 Å². The Morgan fingerprint density at radius 1 is 0.944 bits per heavy atom. The van der Waals surface area contributed by atoms with E-state index >= 15 is 0 Å². The van der Waals surface area contributed by atoms with E-state index in [-0.39, 0.29) is 30.3 Å². The fourth-order valence-corrected chi connectivity index (χ4v) is 4.29. The minimum Gasteiger partial charge on any atom is -0.455 e. The lowest BCUT2D eigenvalue weighted by Crippen LogP contribution is -2.38. The molecule has 186 valence electrons. The van der Waals surface area contributed by atoms with E-state index in [1.54, 1.807) is 43.4 Å². The molecule has 4 aromatic rings. The van der Waals surface area contributed by atoms with Gasteiger partial charge < -0.3 is 20.2 Å². The van der Waals surface area contributed by atoms with Gasteiger partial charge in [-0.15, -0.1) is 0 Å². The maximum Gasteiger partial charge on any atom is 0.255 e. The van der Waals surface area contributed by atoms with E-state index in [1.165, 1.54) is 12.1 Å². The van der Waals surface area contributed by atoms with Gasteiger partial charge in [-0.05, 0) is 72.0 Å². The Hall–Kier alpha value is -3.97. The highest BCUT2D eigenvalue weighted by Crippen LogP contribution is 2.36. The number of hydrogen-bond donors (Lipinski definition) is 3. The van der Waals surface area contributed by atoms with Gasteiger partial charge in [-0.25, -0.2) is 4.39 Å². The minimum atomic E-state index is -0.378. The Morgan fingerprint density at radius 2 is 1.64 bits per heavy atom. The Morgan fingerprint density at radius 3 is 2.31 bits per heavy atom. The van der Waals surface area contributed by atoms with Gasteiger partial charge in [-0.1, -0.05) is 32.0 Å². The normalized spacial score (nSPS) is 12.1.